The molecule has 19 heavy (non-hydrogen) atoms. The van der Waals surface area contributed by atoms with E-state index in [9.17, 15) is 4.79 Å². The van der Waals surface area contributed by atoms with Gasteiger partial charge in [0, 0.05) is 6.42 Å². The summed E-state index contributed by atoms with van der Waals surface area (Å²) in [6.45, 7) is 5.98. The second kappa shape index (κ2) is 4.79. The maximum atomic E-state index is 12.3. The third kappa shape index (κ3) is 2.07. The van der Waals surface area contributed by atoms with Crippen LogP contribution in [0.25, 0.3) is 0 Å². The third-order valence-electron chi connectivity index (χ3n) is 3.52. The molecule has 2 aliphatic rings. The zero-order chi connectivity index (χ0) is 14.2. The van der Waals surface area contributed by atoms with Crippen LogP contribution in [-0.4, -0.2) is 43.4 Å². The molecule has 1 aliphatic carbocycles. The minimum Gasteiger partial charge on any atom is -0.483 e. The van der Waals surface area contributed by atoms with E-state index in [-0.39, 0.29) is 17.7 Å². The van der Waals surface area contributed by atoms with E-state index in [4.69, 9.17) is 9.47 Å². The van der Waals surface area contributed by atoms with Gasteiger partial charge in [-0.25, -0.2) is 9.98 Å². The third-order valence-corrected chi connectivity index (χ3v) is 3.52. The molecule has 5 nitrogen and oxygen atoms in total. The SMILES string of the molecule is COC1=N[C@]2(CC(C)=CC2=O)C(OC)=N[C@@H]1C(C)C. The van der Waals surface area contributed by atoms with E-state index in [2.05, 4.69) is 9.98 Å². The molecule has 2 rings (SSSR count). The molecule has 0 N–H and O–H groups in total. The Morgan fingerprint density at radius 3 is 2.47 bits per heavy atom. The van der Waals surface area contributed by atoms with Crippen molar-refractivity contribution < 1.29 is 14.3 Å². The van der Waals surface area contributed by atoms with Gasteiger partial charge in [0.1, 0.15) is 6.04 Å². The molecule has 0 saturated heterocycles. The number of nitrogens with zero attached hydrogens (tertiary/aromatic N) is 2. The van der Waals surface area contributed by atoms with E-state index in [0.29, 0.717) is 18.2 Å². The molecule has 0 fully saturated rings. The standard InChI is InChI=1S/C14H20N2O3/c1-8(2)11-12(18-4)16-14(13(15-11)19-5)7-9(3)6-10(14)17/h6,8,11H,7H2,1-5H3/t11-,14+/m1/s1. The fourth-order valence-electron chi connectivity index (χ4n) is 2.57. The van der Waals surface area contributed by atoms with Gasteiger partial charge in [-0.05, 0) is 18.9 Å². The molecule has 1 aliphatic heterocycles. The van der Waals surface area contributed by atoms with Crippen LogP contribution in [0.3, 0.4) is 0 Å². The summed E-state index contributed by atoms with van der Waals surface area (Å²) in [6, 6.07) is -0.195. The van der Waals surface area contributed by atoms with E-state index < -0.39 is 5.54 Å². The molecular weight excluding hydrogens is 244 g/mol. The van der Waals surface area contributed by atoms with Crippen molar-refractivity contribution in [1.29, 1.82) is 0 Å². The van der Waals surface area contributed by atoms with Gasteiger partial charge in [0.2, 0.25) is 17.3 Å². The predicted octanol–water partition coefficient (Wildman–Crippen LogP) is 1.77. The molecule has 1 heterocycles. The summed E-state index contributed by atoms with van der Waals surface area (Å²) in [5, 5.41) is 0. The lowest BCUT2D eigenvalue weighted by atomic mass is 9.91. The molecule has 0 saturated carbocycles. The van der Waals surface area contributed by atoms with Crippen LogP contribution in [0.1, 0.15) is 27.2 Å². The van der Waals surface area contributed by atoms with E-state index in [1.54, 1.807) is 13.2 Å². The van der Waals surface area contributed by atoms with Crippen molar-refractivity contribution in [3.63, 3.8) is 0 Å². The molecule has 0 aromatic heterocycles. The minimum absolute atomic E-state index is 0.0812. The zero-order valence-electron chi connectivity index (χ0n) is 12.1. The van der Waals surface area contributed by atoms with Crippen LogP contribution >= 0.6 is 0 Å². The maximum Gasteiger partial charge on any atom is 0.221 e. The molecule has 0 radical (unpaired) electrons. The van der Waals surface area contributed by atoms with Gasteiger partial charge < -0.3 is 9.47 Å². The van der Waals surface area contributed by atoms with Gasteiger partial charge >= 0.3 is 0 Å². The largest absolute Gasteiger partial charge is 0.483 e. The van der Waals surface area contributed by atoms with Gasteiger partial charge in [0.15, 0.2) is 5.78 Å². The Morgan fingerprint density at radius 2 is 2.05 bits per heavy atom. The van der Waals surface area contributed by atoms with Crippen molar-refractivity contribution in [2.45, 2.75) is 38.8 Å². The first-order valence-corrected chi connectivity index (χ1v) is 6.42. The Morgan fingerprint density at radius 1 is 1.37 bits per heavy atom. The fourth-order valence-corrected chi connectivity index (χ4v) is 2.57. The first-order chi connectivity index (χ1) is 8.94. The number of hydrogen-bond donors (Lipinski definition) is 0. The van der Waals surface area contributed by atoms with Crippen LogP contribution in [0, 0.1) is 5.92 Å². The van der Waals surface area contributed by atoms with Crippen LogP contribution in [0.15, 0.2) is 21.6 Å². The second-order valence-corrected chi connectivity index (χ2v) is 5.37. The normalized spacial score (nSPS) is 30.3. The Bertz CT molecular complexity index is 491. The molecule has 0 aromatic rings. The first kappa shape index (κ1) is 13.8. The van der Waals surface area contributed by atoms with Crippen LogP contribution in [-0.2, 0) is 14.3 Å². The smallest absolute Gasteiger partial charge is 0.221 e. The summed E-state index contributed by atoms with van der Waals surface area (Å²) < 4.78 is 10.7. The average molecular weight is 264 g/mol. The van der Waals surface area contributed by atoms with Crippen LogP contribution in [0.5, 0.6) is 0 Å². The second-order valence-electron chi connectivity index (χ2n) is 5.37. The van der Waals surface area contributed by atoms with Crippen molar-refractivity contribution >= 4 is 17.6 Å². The molecule has 104 valence electrons. The quantitative estimate of drug-likeness (QED) is 0.725. The highest BCUT2D eigenvalue weighted by molar-refractivity contribution is 6.20. The van der Waals surface area contributed by atoms with E-state index in [1.807, 2.05) is 20.8 Å². The van der Waals surface area contributed by atoms with Gasteiger partial charge in [-0.1, -0.05) is 19.4 Å². The monoisotopic (exact) mass is 264 g/mol. The number of aliphatic imine (C=N–C) groups is 2. The van der Waals surface area contributed by atoms with Crippen LogP contribution in [0.2, 0.25) is 0 Å². The molecule has 0 amide bonds. The number of carbonyl (C=O) groups is 1. The average Bonchev–Trinajstić information content (AvgIpc) is 2.63. The van der Waals surface area contributed by atoms with Crippen molar-refractivity contribution in [2.75, 3.05) is 14.2 Å². The number of methoxy groups -OCH3 is 2. The van der Waals surface area contributed by atoms with Gasteiger partial charge in [-0.2, -0.15) is 0 Å². The summed E-state index contributed by atoms with van der Waals surface area (Å²) in [5.74, 6) is 1.05. The minimum atomic E-state index is -1.03. The van der Waals surface area contributed by atoms with Crippen molar-refractivity contribution in [3.8, 4) is 0 Å². The number of ketones is 1. The number of rotatable bonds is 1. The van der Waals surface area contributed by atoms with Crippen LogP contribution < -0.4 is 0 Å². The van der Waals surface area contributed by atoms with Crippen LogP contribution in [0.4, 0.5) is 0 Å². The molecule has 1 spiro atoms. The number of ether oxygens (including phenoxy) is 2. The Kier molecular flexibility index (Phi) is 3.47. The maximum absolute atomic E-state index is 12.3. The lowest BCUT2D eigenvalue weighted by molar-refractivity contribution is -0.117. The topological polar surface area (TPSA) is 60.2 Å². The van der Waals surface area contributed by atoms with E-state index >= 15 is 0 Å². The Balaban J connectivity index is 2.49. The fraction of sp³-hybridized carbons (Fsp3) is 0.643. The van der Waals surface area contributed by atoms with Gasteiger partial charge in [0.05, 0.1) is 14.2 Å². The van der Waals surface area contributed by atoms with Gasteiger partial charge in [-0.15, -0.1) is 0 Å². The molecule has 5 heteroatoms. The van der Waals surface area contributed by atoms with E-state index in [0.717, 1.165) is 5.57 Å². The first-order valence-electron chi connectivity index (χ1n) is 6.42. The van der Waals surface area contributed by atoms with Gasteiger partial charge in [0.25, 0.3) is 0 Å². The Labute approximate surface area is 113 Å². The molecule has 2 atom stereocenters. The number of carbonyl (C=O) groups excluding carboxylic acids is 1. The summed E-state index contributed by atoms with van der Waals surface area (Å²) >= 11 is 0. The van der Waals surface area contributed by atoms with Crippen molar-refractivity contribution in [2.24, 2.45) is 15.9 Å². The lowest BCUT2D eigenvalue weighted by Gasteiger charge is -2.32. The molecule has 0 bridgehead atoms. The Hall–Kier alpha value is -1.65. The highest BCUT2D eigenvalue weighted by Crippen LogP contribution is 2.35. The zero-order valence-corrected chi connectivity index (χ0v) is 12.1. The highest BCUT2D eigenvalue weighted by atomic mass is 16.5. The molecule has 0 unspecified atom stereocenters. The summed E-state index contributed by atoms with van der Waals surface area (Å²) in [6.07, 6.45) is 2.12. The lowest BCUT2D eigenvalue weighted by Crippen LogP contribution is -2.49. The predicted molar refractivity (Wildman–Crippen MR) is 73.6 cm³/mol. The highest BCUT2D eigenvalue weighted by Gasteiger charge is 2.51. The summed E-state index contributed by atoms with van der Waals surface area (Å²) in [5.41, 5.74) is -0.0489. The summed E-state index contributed by atoms with van der Waals surface area (Å²) in [4.78, 5) is 21.4. The molecular formula is C14H20N2O3. The molecule has 0 aromatic carbocycles. The van der Waals surface area contributed by atoms with Crippen molar-refractivity contribution in [1.82, 2.24) is 0 Å². The summed E-state index contributed by atoms with van der Waals surface area (Å²) in [7, 11) is 3.10. The van der Waals surface area contributed by atoms with Crippen molar-refractivity contribution in [3.05, 3.63) is 11.6 Å². The van der Waals surface area contributed by atoms with Gasteiger partial charge in [-0.3, -0.25) is 4.79 Å². The number of hydrogen-bond acceptors (Lipinski definition) is 5. The van der Waals surface area contributed by atoms with E-state index in [1.165, 1.54) is 7.11 Å².